The van der Waals surface area contributed by atoms with E-state index in [-0.39, 0.29) is 5.91 Å². The Morgan fingerprint density at radius 1 is 1.44 bits per heavy atom. The van der Waals surface area contributed by atoms with Crippen molar-refractivity contribution in [3.63, 3.8) is 0 Å². The first kappa shape index (κ1) is 15.8. The molecule has 0 bridgehead atoms. The summed E-state index contributed by atoms with van der Waals surface area (Å²) in [6.07, 6.45) is 0. The molecular weight excluding hydrogens is 341 g/mol. The highest BCUT2D eigenvalue weighted by molar-refractivity contribution is 9.10. The van der Waals surface area contributed by atoms with Gasteiger partial charge in [-0.05, 0) is 34.1 Å². The zero-order chi connectivity index (χ0) is 13.5. The molecule has 1 amide bonds. The fourth-order valence-electron chi connectivity index (χ4n) is 1.33. The van der Waals surface area contributed by atoms with Gasteiger partial charge in [0.2, 0.25) is 0 Å². The Morgan fingerprint density at radius 3 is 2.83 bits per heavy atom. The summed E-state index contributed by atoms with van der Waals surface area (Å²) in [6, 6.07) is 5.13. The minimum Gasteiger partial charge on any atom is -0.378 e. The zero-order valence-corrected chi connectivity index (χ0v) is 13.1. The molecule has 0 saturated heterocycles. The summed E-state index contributed by atoms with van der Waals surface area (Å²) >= 11 is 14.7. The van der Waals surface area contributed by atoms with Crippen LogP contribution in [0.4, 0.5) is 0 Å². The zero-order valence-electron chi connectivity index (χ0n) is 9.96. The number of nitrogens with zero attached hydrogens (tertiary/aromatic N) is 1. The molecule has 0 aliphatic heterocycles. The molecule has 0 radical (unpaired) electrons. The van der Waals surface area contributed by atoms with Crippen molar-refractivity contribution in [2.75, 3.05) is 32.7 Å². The van der Waals surface area contributed by atoms with Crippen LogP contribution in [0.2, 0.25) is 5.02 Å². The molecule has 1 aromatic rings. The van der Waals surface area contributed by atoms with Crippen molar-refractivity contribution >= 4 is 45.0 Å². The van der Waals surface area contributed by atoms with Gasteiger partial charge in [-0.3, -0.25) is 4.79 Å². The minimum atomic E-state index is -0.0983. The monoisotopic (exact) mass is 353 g/mol. The van der Waals surface area contributed by atoms with E-state index < -0.39 is 0 Å². The molecule has 3 nitrogen and oxygen atoms in total. The highest BCUT2D eigenvalue weighted by atomic mass is 79.9. The second-order valence-corrected chi connectivity index (χ2v) is 5.32. The van der Waals surface area contributed by atoms with Gasteiger partial charge >= 0.3 is 0 Å². The molecule has 6 heteroatoms. The maximum absolute atomic E-state index is 12.1. The fourth-order valence-corrected chi connectivity index (χ4v) is 2.02. The van der Waals surface area contributed by atoms with E-state index in [1.807, 2.05) is 0 Å². The highest BCUT2D eigenvalue weighted by Crippen LogP contribution is 2.22. The topological polar surface area (TPSA) is 29.5 Å². The molecule has 0 heterocycles. The highest BCUT2D eigenvalue weighted by Gasteiger charge is 2.15. The van der Waals surface area contributed by atoms with Crippen LogP contribution in [0.15, 0.2) is 22.7 Å². The molecule has 0 unspecified atom stereocenters. The summed E-state index contributed by atoms with van der Waals surface area (Å²) in [4.78, 5) is 13.7. The average Bonchev–Trinajstić information content (AvgIpc) is 2.36. The lowest BCUT2D eigenvalue weighted by Crippen LogP contribution is -2.30. The summed E-state index contributed by atoms with van der Waals surface area (Å²) in [5.74, 6) is 0.358. The minimum absolute atomic E-state index is 0.0983. The molecule has 0 aliphatic rings. The second-order valence-electron chi connectivity index (χ2n) is 3.65. The molecular formula is C12H14BrCl2NO2. The molecule has 0 saturated carbocycles. The fraction of sp³-hybridized carbons (Fsp3) is 0.417. The summed E-state index contributed by atoms with van der Waals surface area (Å²) in [5.41, 5.74) is 0.544. The van der Waals surface area contributed by atoms with E-state index in [4.69, 9.17) is 27.9 Å². The van der Waals surface area contributed by atoms with Crippen molar-refractivity contribution < 1.29 is 9.53 Å². The van der Waals surface area contributed by atoms with Crippen molar-refractivity contribution in [1.82, 2.24) is 4.90 Å². The number of rotatable bonds is 6. The van der Waals surface area contributed by atoms with Crippen molar-refractivity contribution in [2.45, 2.75) is 0 Å². The van der Waals surface area contributed by atoms with Crippen LogP contribution in [0.3, 0.4) is 0 Å². The van der Waals surface area contributed by atoms with Crippen molar-refractivity contribution in [1.29, 1.82) is 0 Å². The first-order valence-electron chi connectivity index (χ1n) is 5.40. The van der Waals surface area contributed by atoms with E-state index >= 15 is 0 Å². The van der Waals surface area contributed by atoms with Gasteiger partial charge in [0.1, 0.15) is 0 Å². The maximum atomic E-state index is 12.1. The number of likely N-dealkylation sites (N-methyl/N-ethyl adjacent to an activating group) is 1. The van der Waals surface area contributed by atoms with E-state index in [1.165, 1.54) is 0 Å². The van der Waals surface area contributed by atoms with Crippen molar-refractivity contribution in [3.05, 3.63) is 33.3 Å². The predicted molar refractivity (Wildman–Crippen MR) is 77.7 cm³/mol. The van der Waals surface area contributed by atoms with E-state index in [0.717, 1.165) is 4.47 Å². The molecule has 1 aromatic carbocycles. The maximum Gasteiger partial charge on any atom is 0.254 e. The summed E-state index contributed by atoms with van der Waals surface area (Å²) in [5, 5.41) is 0.536. The number of amides is 1. The van der Waals surface area contributed by atoms with Crippen LogP contribution in [-0.2, 0) is 4.74 Å². The lowest BCUT2D eigenvalue weighted by Gasteiger charge is -2.18. The Morgan fingerprint density at radius 2 is 2.17 bits per heavy atom. The number of carbonyl (C=O) groups excluding carboxylic acids is 1. The normalized spacial score (nSPS) is 10.4. The Hall–Kier alpha value is -0.290. The van der Waals surface area contributed by atoms with Gasteiger partial charge in [0, 0.05) is 29.0 Å². The molecule has 0 aromatic heterocycles. The summed E-state index contributed by atoms with van der Waals surface area (Å²) in [6.45, 7) is 1.46. The number of hydrogen-bond donors (Lipinski definition) is 0. The smallest absolute Gasteiger partial charge is 0.254 e. The van der Waals surface area contributed by atoms with Gasteiger partial charge in [-0.15, -0.1) is 11.6 Å². The molecule has 0 atom stereocenters. The SMILES string of the molecule is CN(CCOCCCl)C(=O)c1cc(Cl)ccc1Br. The van der Waals surface area contributed by atoms with Crippen LogP contribution in [0.1, 0.15) is 10.4 Å². The third-order valence-corrected chi connectivity index (χ3v) is 3.38. The summed E-state index contributed by atoms with van der Waals surface area (Å²) < 4.78 is 5.96. The Balaban J connectivity index is 2.60. The Kier molecular flexibility index (Phi) is 7.00. The van der Waals surface area contributed by atoms with Crippen LogP contribution < -0.4 is 0 Å². The van der Waals surface area contributed by atoms with Crippen LogP contribution in [0.5, 0.6) is 0 Å². The average molecular weight is 355 g/mol. The van der Waals surface area contributed by atoms with Crippen LogP contribution >= 0.6 is 39.1 Å². The number of halogens is 3. The van der Waals surface area contributed by atoms with Gasteiger partial charge in [-0.25, -0.2) is 0 Å². The van der Waals surface area contributed by atoms with E-state index in [9.17, 15) is 4.79 Å². The first-order valence-corrected chi connectivity index (χ1v) is 7.11. The second kappa shape index (κ2) is 8.00. The van der Waals surface area contributed by atoms with Crippen molar-refractivity contribution in [2.24, 2.45) is 0 Å². The van der Waals surface area contributed by atoms with Crippen LogP contribution in [0.25, 0.3) is 0 Å². The number of alkyl halides is 1. The van der Waals surface area contributed by atoms with Gasteiger partial charge in [-0.2, -0.15) is 0 Å². The van der Waals surface area contributed by atoms with Gasteiger partial charge in [-0.1, -0.05) is 11.6 Å². The molecule has 0 aliphatic carbocycles. The third-order valence-electron chi connectivity index (χ3n) is 2.30. The number of ether oxygens (including phenoxy) is 1. The molecule has 0 N–H and O–H groups in total. The van der Waals surface area contributed by atoms with E-state index in [2.05, 4.69) is 15.9 Å². The Labute approximate surface area is 125 Å². The van der Waals surface area contributed by atoms with Gasteiger partial charge in [0.25, 0.3) is 5.91 Å². The number of hydrogen-bond acceptors (Lipinski definition) is 2. The standard InChI is InChI=1S/C12H14BrCl2NO2/c1-16(5-7-18-6-4-14)12(17)10-8-9(15)2-3-11(10)13/h2-3,8H,4-7H2,1H3. The van der Waals surface area contributed by atoms with Gasteiger partial charge < -0.3 is 9.64 Å². The third kappa shape index (κ3) is 4.76. The number of benzene rings is 1. The van der Waals surface area contributed by atoms with Crippen molar-refractivity contribution in [3.8, 4) is 0 Å². The molecule has 18 heavy (non-hydrogen) atoms. The quantitative estimate of drug-likeness (QED) is 0.578. The predicted octanol–water partition coefficient (Wildman–Crippen LogP) is 3.43. The van der Waals surface area contributed by atoms with Crippen LogP contribution in [0, 0.1) is 0 Å². The molecule has 100 valence electrons. The molecule has 0 spiro atoms. The molecule has 0 fully saturated rings. The van der Waals surface area contributed by atoms with Gasteiger partial charge in [0.05, 0.1) is 18.8 Å². The van der Waals surface area contributed by atoms with E-state index in [1.54, 1.807) is 30.1 Å². The first-order chi connectivity index (χ1) is 8.56. The summed E-state index contributed by atoms with van der Waals surface area (Å²) in [7, 11) is 1.72. The molecule has 1 rings (SSSR count). The lowest BCUT2D eigenvalue weighted by atomic mass is 10.2. The van der Waals surface area contributed by atoms with E-state index in [0.29, 0.717) is 36.2 Å². The lowest BCUT2D eigenvalue weighted by molar-refractivity contribution is 0.0711. The largest absolute Gasteiger partial charge is 0.378 e. The Bertz CT molecular complexity index is 415. The number of carbonyl (C=O) groups is 1. The van der Waals surface area contributed by atoms with Gasteiger partial charge in [0.15, 0.2) is 0 Å². The van der Waals surface area contributed by atoms with Crippen LogP contribution in [-0.4, -0.2) is 43.5 Å².